The molecule has 1 fully saturated rings. The molecule has 0 heterocycles. The minimum atomic E-state index is -0.117. The molecule has 0 atom stereocenters. The molecule has 82 valence electrons. The zero-order valence-corrected chi connectivity index (χ0v) is 9.81. The minimum Gasteiger partial charge on any atom is -0.298 e. The molecule has 0 radical (unpaired) electrons. The first-order chi connectivity index (χ1) is 6.63. The van der Waals surface area contributed by atoms with Gasteiger partial charge in [-0.15, -0.1) is 0 Å². The average Bonchev–Trinajstić information content (AvgIpc) is 2.19. The summed E-state index contributed by atoms with van der Waals surface area (Å²) in [5.41, 5.74) is -0.117. The molecule has 0 aromatic rings. The summed E-state index contributed by atoms with van der Waals surface area (Å²) in [6, 6.07) is 0. The van der Waals surface area contributed by atoms with Crippen molar-refractivity contribution in [2.45, 2.75) is 57.4 Å². The van der Waals surface area contributed by atoms with E-state index in [9.17, 15) is 4.79 Å². The second kappa shape index (κ2) is 4.92. The van der Waals surface area contributed by atoms with Crippen LogP contribution in [0.15, 0.2) is 0 Å². The predicted molar refractivity (Wildman–Crippen MR) is 59.4 cm³/mol. The summed E-state index contributed by atoms with van der Waals surface area (Å²) in [4.78, 5) is 14.3. The summed E-state index contributed by atoms with van der Waals surface area (Å²) in [5.74, 6) is 0.463. The van der Waals surface area contributed by atoms with E-state index < -0.39 is 0 Å². The van der Waals surface area contributed by atoms with Gasteiger partial charge >= 0.3 is 0 Å². The SMILES string of the molecule is CCCC(=O)C1(N(C)C)CCCCC1. The Hall–Kier alpha value is -0.370. The van der Waals surface area contributed by atoms with Gasteiger partial charge in [0.1, 0.15) is 0 Å². The van der Waals surface area contributed by atoms with Crippen molar-refractivity contribution in [2.75, 3.05) is 14.1 Å². The molecule has 2 nitrogen and oxygen atoms in total. The van der Waals surface area contributed by atoms with E-state index in [4.69, 9.17) is 0 Å². The first-order valence-corrected chi connectivity index (χ1v) is 5.84. The average molecular weight is 197 g/mol. The standard InChI is InChI=1S/C12H23NO/c1-4-8-11(14)12(13(2)3)9-6-5-7-10-12/h4-10H2,1-3H3. The van der Waals surface area contributed by atoms with Gasteiger partial charge in [-0.2, -0.15) is 0 Å². The fourth-order valence-corrected chi connectivity index (χ4v) is 2.57. The zero-order valence-electron chi connectivity index (χ0n) is 9.81. The lowest BCUT2D eigenvalue weighted by molar-refractivity contribution is -0.131. The van der Waals surface area contributed by atoms with Crippen LogP contribution in [0.2, 0.25) is 0 Å². The lowest BCUT2D eigenvalue weighted by Gasteiger charge is -2.41. The van der Waals surface area contributed by atoms with E-state index in [1.165, 1.54) is 19.3 Å². The lowest BCUT2D eigenvalue weighted by atomic mass is 9.76. The minimum absolute atomic E-state index is 0.117. The molecule has 1 rings (SSSR count). The van der Waals surface area contributed by atoms with Crippen molar-refractivity contribution < 1.29 is 4.79 Å². The van der Waals surface area contributed by atoms with Crippen LogP contribution >= 0.6 is 0 Å². The summed E-state index contributed by atoms with van der Waals surface area (Å²) in [6.45, 7) is 2.09. The number of likely N-dealkylation sites (N-methyl/N-ethyl adjacent to an activating group) is 1. The molecule has 2 heteroatoms. The number of carbonyl (C=O) groups excluding carboxylic acids is 1. The Kier molecular flexibility index (Phi) is 4.11. The van der Waals surface area contributed by atoms with Gasteiger partial charge < -0.3 is 0 Å². The molecule has 0 saturated heterocycles. The quantitative estimate of drug-likeness (QED) is 0.690. The van der Waals surface area contributed by atoms with Gasteiger partial charge in [0.25, 0.3) is 0 Å². The summed E-state index contributed by atoms with van der Waals surface area (Å²) in [5, 5.41) is 0. The fourth-order valence-electron chi connectivity index (χ4n) is 2.57. The second-order valence-corrected chi connectivity index (χ2v) is 4.66. The van der Waals surface area contributed by atoms with E-state index in [2.05, 4.69) is 25.9 Å². The Labute approximate surface area is 87.7 Å². The Morgan fingerprint density at radius 2 is 1.79 bits per heavy atom. The number of nitrogens with zero attached hydrogens (tertiary/aromatic N) is 1. The maximum Gasteiger partial charge on any atom is 0.153 e. The molecule has 1 saturated carbocycles. The number of hydrogen-bond donors (Lipinski definition) is 0. The zero-order chi connectivity index (χ0) is 10.6. The summed E-state index contributed by atoms with van der Waals surface area (Å²) < 4.78 is 0. The Morgan fingerprint density at radius 1 is 1.21 bits per heavy atom. The topological polar surface area (TPSA) is 20.3 Å². The molecule has 0 unspecified atom stereocenters. The first kappa shape index (κ1) is 11.7. The van der Waals surface area contributed by atoms with Crippen molar-refractivity contribution in [1.29, 1.82) is 0 Å². The van der Waals surface area contributed by atoms with Crippen LogP contribution in [0.5, 0.6) is 0 Å². The van der Waals surface area contributed by atoms with Gasteiger partial charge in [-0.05, 0) is 33.4 Å². The van der Waals surface area contributed by atoms with Crippen LogP contribution in [0.4, 0.5) is 0 Å². The monoisotopic (exact) mass is 197 g/mol. The number of ketones is 1. The van der Waals surface area contributed by atoms with Crippen LogP contribution in [-0.2, 0) is 4.79 Å². The van der Waals surface area contributed by atoms with Crippen molar-refractivity contribution in [2.24, 2.45) is 0 Å². The van der Waals surface area contributed by atoms with Gasteiger partial charge in [0, 0.05) is 6.42 Å². The van der Waals surface area contributed by atoms with Gasteiger partial charge in [-0.1, -0.05) is 26.2 Å². The fraction of sp³-hybridized carbons (Fsp3) is 0.917. The number of Topliss-reactive ketones (excluding diaryl/α,β-unsaturated/α-hetero) is 1. The molecule has 1 aliphatic rings. The molecule has 0 spiro atoms. The van der Waals surface area contributed by atoms with Crippen LogP contribution in [0.25, 0.3) is 0 Å². The van der Waals surface area contributed by atoms with Gasteiger partial charge in [0.2, 0.25) is 0 Å². The molecule has 0 aromatic heterocycles. The highest BCUT2D eigenvalue weighted by Crippen LogP contribution is 2.34. The Bertz CT molecular complexity index is 192. The molecule has 0 N–H and O–H groups in total. The highest BCUT2D eigenvalue weighted by molar-refractivity contribution is 5.88. The van der Waals surface area contributed by atoms with Crippen molar-refractivity contribution in [3.05, 3.63) is 0 Å². The third-order valence-electron chi connectivity index (χ3n) is 3.53. The van der Waals surface area contributed by atoms with Crippen LogP contribution in [0.3, 0.4) is 0 Å². The molecule has 0 amide bonds. The molecule has 1 aliphatic carbocycles. The van der Waals surface area contributed by atoms with E-state index in [0.29, 0.717) is 5.78 Å². The van der Waals surface area contributed by atoms with Crippen molar-refractivity contribution in [3.63, 3.8) is 0 Å². The van der Waals surface area contributed by atoms with Gasteiger partial charge in [-0.3, -0.25) is 9.69 Å². The van der Waals surface area contributed by atoms with Crippen LogP contribution in [0, 0.1) is 0 Å². The molecule has 0 bridgehead atoms. The molecular weight excluding hydrogens is 174 g/mol. The van der Waals surface area contributed by atoms with Crippen molar-refractivity contribution in [3.8, 4) is 0 Å². The van der Waals surface area contributed by atoms with E-state index in [0.717, 1.165) is 25.7 Å². The van der Waals surface area contributed by atoms with E-state index in [-0.39, 0.29) is 5.54 Å². The number of rotatable bonds is 4. The van der Waals surface area contributed by atoms with E-state index >= 15 is 0 Å². The van der Waals surface area contributed by atoms with Crippen molar-refractivity contribution in [1.82, 2.24) is 4.90 Å². The number of hydrogen-bond acceptors (Lipinski definition) is 2. The van der Waals surface area contributed by atoms with Crippen molar-refractivity contribution >= 4 is 5.78 Å². The largest absolute Gasteiger partial charge is 0.298 e. The maximum absolute atomic E-state index is 12.1. The molecule has 0 aromatic carbocycles. The predicted octanol–water partition coefficient (Wildman–Crippen LogP) is 2.62. The van der Waals surface area contributed by atoms with E-state index in [1.807, 2.05) is 0 Å². The highest BCUT2D eigenvalue weighted by Gasteiger charge is 2.40. The summed E-state index contributed by atoms with van der Waals surface area (Å²) >= 11 is 0. The van der Waals surface area contributed by atoms with Crippen LogP contribution in [0.1, 0.15) is 51.9 Å². The number of carbonyl (C=O) groups is 1. The summed E-state index contributed by atoms with van der Waals surface area (Å²) in [6.07, 6.45) is 7.60. The molecular formula is C12H23NO. The smallest absolute Gasteiger partial charge is 0.153 e. The normalized spacial score (nSPS) is 21.1. The Morgan fingerprint density at radius 3 is 2.21 bits per heavy atom. The molecule has 0 aliphatic heterocycles. The highest BCUT2D eigenvalue weighted by atomic mass is 16.1. The second-order valence-electron chi connectivity index (χ2n) is 4.66. The van der Waals surface area contributed by atoms with Crippen LogP contribution in [-0.4, -0.2) is 30.3 Å². The maximum atomic E-state index is 12.1. The molecule has 14 heavy (non-hydrogen) atoms. The van der Waals surface area contributed by atoms with Gasteiger partial charge in [0.15, 0.2) is 5.78 Å². The van der Waals surface area contributed by atoms with Gasteiger partial charge in [0.05, 0.1) is 5.54 Å². The third-order valence-corrected chi connectivity index (χ3v) is 3.53. The lowest BCUT2D eigenvalue weighted by Crippen LogP contribution is -2.52. The van der Waals surface area contributed by atoms with Gasteiger partial charge in [-0.25, -0.2) is 0 Å². The van der Waals surface area contributed by atoms with Crippen LogP contribution < -0.4 is 0 Å². The van der Waals surface area contributed by atoms with E-state index in [1.54, 1.807) is 0 Å². The third kappa shape index (κ3) is 2.17. The Balaban J connectivity index is 2.74. The first-order valence-electron chi connectivity index (χ1n) is 5.84. The summed E-state index contributed by atoms with van der Waals surface area (Å²) in [7, 11) is 4.11.